The summed E-state index contributed by atoms with van der Waals surface area (Å²) in [6, 6.07) is 64.4. The summed E-state index contributed by atoms with van der Waals surface area (Å²) in [7, 11) is 0. The van der Waals surface area contributed by atoms with E-state index in [0.29, 0.717) is 16.7 Å². The van der Waals surface area contributed by atoms with Crippen LogP contribution in [-0.2, 0) is 6.37 Å². The molecule has 0 saturated carbocycles. The van der Waals surface area contributed by atoms with Crippen LogP contribution in [0, 0.1) is 0 Å². The maximum Gasteiger partial charge on any atom is 0.135 e. The van der Waals surface area contributed by atoms with Crippen molar-refractivity contribution in [1.29, 1.82) is 0 Å². The Hall–Kier alpha value is -7.23. The van der Waals surface area contributed by atoms with Gasteiger partial charge >= 0.3 is 0 Å². The van der Waals surface area contributed by atoms with Crippen LogP contribution < -0.4 is 0 Å². The van der Waals surface area contributed by atoms with Crippen molar-refractivity contribution in [3.63, 3.8) is 0 Å². The molecule has 0 atom stereocenters. The summed E-state index contributed by atoms with van der Waals surface area (Å²) in [5.41, 5.74) is 12.4. The van der Waals surface area contributed by atoms with E-state index in [1.807, 2.05) is 60.7 Å². The average Bonchev–Trinajstić information content (AvgIpc) is 3.87. The largest absolute Gasteiger partial charge is 0.456 e. The molecule has 3 nitrogen and oxygen atoms in total. The van der Waals surface area contributed by atoms with Gasteiger partial charge in [-0.05, 0) is 115 Å². The lowest BCUT2D eigenvalue weighted by molar-refractivity contribution is 0.669. The first-order valence-electron chi connectivity index (χ1n) is 21.3. The second-order valence-corrected chi connectivity index (χ2v) is 14.2. The maximum absolute atomic E-state index is 8.58. The molecule has 0 N–H and O–H groups in total. The fourth-order valence-corrected chi connectivity index (χ4v) is 8.50. The minimum atomic E-state index is -2.90. The summed E-state index contributed by atoms with van der Waals surface area (Å²) in [5.74, 6) is -0.150. The molecule has 264 valence electrons. The Labute approximate surface area is 331 Å². The second kappa shape index (κ2) is 13.0. The molecule has 0 saturated heterocycles. The van der Waals surface area contributed by atoms with Gasteiger partial charge in [0, 0.05) is 29.7 Å². The van der Waals surface area contributed by atoms with Gasteiger partial charge in [0.2, 0.25) is 0 Å². The number of benzene rings is 9. The van der Waals surface area contributed by atoms with Gasteiger partial charge in [-0.15, -0.1) is 0 Å². The monoisotopic (exact) mass is 721 g/mol. The number of hydrogen-bond acceptors (Lipinski definition) is 2. The van der Waals surface area contributed by atoms with Crippen molar-refractivity contribution in [2.45, 2.75) is 13.2 Å². The molecule has 0 unspecified atom stereocenters. The Morgan fingerprint density at radius 2 is 1.02 bits per heavy atom. The van der Waals surface area contributed by atoms with Crippen molar-refractivity contribution in [1.82, 2.24) is 9.55 Å². The zero-order valence-electron chi connectivity index (χ0n) is 35.2. The van der Waals surface area contributed by atoms with E-state index >= 15 is 0 Å². The summed E-state index contributed by atoms with van der Waals surface area (Å²) >= 11 is 0. The van der Waals surface area contributed by atoms with Crippen LogP contribution in [-0.4, -0.2) is 9.55 Å². The van der Waals surface area contributed by atoms with Crippen molar-refractivity contribution < 1.29 is 11.3 Å². The molecule has 0 bridgehead atoms. The van der Waals surface area contributed by atoms with Gasteiger partial charge in [-0.1, -0.05) is 146 Å². The van der Waals surface area contributed by atoms with E-state index < -0.39 is 13.2 Å². The van der Waals surface area contributed by atoms with Gasteiger partial charge in [0.15, 0.2) is 0 Å². The molecule has 2 aromatic heterocycles. The number of para-hydroxylation sites is 3. The van der Waals surface area contributed by atoms with Gasteiger partial charge < -0.3 is 4.42 Å². The SMILES string of the molecule is [2H]C([2H])([2H])C([2H])([2H])c1nc2ccccc2n1-c1ccc(-c2ccc(-c3c4ccccc4c(-c4ccc5oc6ccccc6c5c4)c4cc(-c5ccccc5)ccc34)cc2)cc1. The minimum absolute atomic E-state index is 0.150. The standard InChI is InChI=1S/C53H36N2O/c1-2-51-54-47-17-9-10-18-48(47)55(51)40-28-24-36(25-29-40)35-20-22-37(23-21-35)52-42-15-6-7-16-43(42)53(46-32-38(26-30-44(46)52)34-12-4-3-5-13-34)39-27-31-50-45(33-39)41-14-8-11-19-49(41)56-50/h3-33H,2H2,1H3/i1D3,2D2. The maximum atomic E-state index is 8.58. The third-order valence-electron chi connectivity index (χ3n) is 11.1. The van der Waals surface area contributed by atoms with Crippen molar-refractivity contribution in [3.05, 3.63) is 194 Å². The Kier molecular flexibility index (Phi) is 6.34. The summed E-state index contributed by atoms with van der Waals surface area (Å²) in [6.45, 7) is -2.90. The van der Waals surface area contributed by atoms with Gasteiger partial charge in [-0.3, -0.25) is 4.57 Å². The Bertz CT molecular complexity index is 3480. The fourth-order valence-electron chi connectivity index (χ4n) is 8.50. The number of aromatic nitrogens is 2. The predicted octanol–water partition coefficient (Wildman–Crippen LogP) is 14.5. The number of furan rings is 1. The summed E-state index contributed by atoms with van der Waals surface area (Å²) < 4.78 is 48.9. The number of fused-ring (bicyclic) bond motifs is 6. The third kappa shape index (κ3) is 5.16. The highest BCUT2D eigenvalue weighted by atomic mass is 16.3. The van der Waals surface area contributed by atoms with Crippen LogP contribution in [0.5, 0.6) is 0 Å². The topological polar surface area (TPSA) is 31.0 Å². The van der Waals surface area contributed by atoms with E-state index in [-0.39, 0.29) is 5.82 Å². The highest BCUT2D eigenvalue weighted by Gasteiger charge is 2.19. The molecule has 56 heavy (non-hydrogen) atoms. The zero-order valence-corrected chi connectivity index (χ0v) is 30.2. The lowest BCUT2D eigenvalue weighted by atomic mass is 9.84. The van der Waals surface area contributed by atoms with E-state index in [0.717, 1.165) is 82.4 Å². The van der Waals surface area contributed by atoms with Gasteiger partial charge in [0.1, 0.15) is 17.0 Å². The highest BCUT2D eigenvalue weighted by molar-refractivity contribution is 6.22. The molecule has 11 rings (SSSR count). The smallest absolute Gasteiger partial charge is 0.135 e. The number of rotatable bonds is 6. The molecule has 0 fully saturated rings. The van der Waals surface area contributed by atoms with Crippen molar-refractivity contribution in [3.8, 4) is 50.2 Å². The first-order chi connectivity index (χ1) is 29.6. The van der Waals surface area contributed by atoms with E-state index in [4.69, 9.17) is 11.3 Å². The lowest BCUT2D eigenvalue weighted by Gasteiger charge is -2.19. The molecule has 9 aromatic carbocycles. The van der Waals surface area contributed by atoms with E-state index in [2.05, 4.69) is 126 Å². The first kappa shape index (κ1) is 27.4. The molecule has 2 heterocycles. The fraction of sp³-hybridized carbons (Fsp3) is 0.0377. The van der Waals surface area contributed by atoms with E-state index in [1.165, 1.54) is 5.56 Å². The van der Waals surface area contributed by atoms with Crippen LogP contribution in [0.2, 0.25) is 0 Å². The zero-order chi connectivity index (χ0) is 41.5. The molecule has 0 radical (unpaired) electrons. The number of aryl methyl sites for hydroxylation is 1. The molecular formula is C53H36N2O. The van der Waals surface area contributed by atoms with Crippen LogP contribution in [0.15, 0.2) is 192 Å². The van der Waals surface area contributed by atoms with Gasteiger partial charge in [0.05, 0.1) is 11.0 Å². The quantitative estimate of drug-likeness (QED) is 0.160. The van der Waals surface area contributed by atoms with Crippen LogP contribution in [0.25, 0.3) is 105 Å². The average molecular weight is 722 g/mol. The second-order valence-electron chi connectivity index (χ2n) is 14.2. The number of hydrogen-bond donors (Lipinski definition) is 0. The van der Waals surface area contributed by atoms with Crippen LogP contribution in [0.3, 0.4) is 0 Å². The third-order valence-corrected chi connectivity index (χ3v) is 11.1. The lowest BCUT2D eigenvalue weighted by Crippen LogP contribution is -1.99. The number of nitrogens with zero attached hydrogens (tertiary/aromatic N) is 2. The predicted molar refractivity (Wildman–Crippen MR) is 234 cm³/mol. The van der Waals surface area contributed by atoms with Crippen molar-refractivity contribution in [2.75, 3.05) is 0 Å². The Morgan fingerprint density at radius 3 is 1.80 bits per heavy atom. The van der Waals surface area contributed by atoms with Crippen LogP contribution >= 0.6 is 0 Å². The summed E-state index contributed by atoms with van der Waals surface area (Å²) in [4.78, 5) is 4.48. The molecule has 0 aliphatic carbocycles. The number of imidazole rings is 1. The van der Waals surface area contributed by atoms with Crippen LogP contribution in [0.4, 0.5) is 0 Å². The Morgan fingerprint density at radius 1 is 0.464 bits per heavy atom. The van der Waals surface area contributed by atoms with Crippen LogP contribution in [0.1, 0.15) is 19.5 Å². The molecule has 3 heteroatoms. The van der Waals surface area contributed by atoms with E-state index in [1.54, 1.807) is 10.6 Å². The van der Waals surface area contributed by atoms with Crippen molar-refractivity contribution >= 4 is 54.5 Å². The van der Waals surface area contributed by atoms with Gasteiger partial charge in [-0.2, -0.15) is 0 Å². The summed E-state index contributed by atoms with van der Waals surface area (Å²) in [5, 5.41) is 6.83. The minimum Gasteiger partial charge on any atom is -0.456 e. The molecular weight excluding hydrogens is 681 g/mol. The van der Waals surface area contributed by atoms with E-state index in [9.17, 15) is 0 Å². The highest BCUT2D eigenvalue weighted by Crippen LogP contribution is 2.46. The first-order valence-corrected chi connectivity index (χ1v) is 18.8. The molecule has 11 aromatic rings. The normalized spacial score (nSPS) is 13.5. The summed E-state index contributed by atoms with van der Waals surface area (Å²) in [6.07, 6.45) is -2.67. The molecule has 0 spiro atoms. The molecule has 0 amide bonds. The Balaban J connectivity index is 1.04. The van der Waals surface area contributed by atoms with Gasteiger partial charge in [-0.25, -0.2) is 4.98 Å². The molecule has 0 aliphatic rings. The van der Waals surface area contributed by atoms with Crippen molar-refractivity contribution in [2.24, 2.45) is 0 Å². The van der Waals surface area contributed by atoms with Gasteiger partial charge in [0.25, 0.3) is 0 Å². The molecule has 0 aliphatic heterocycles.